The van der Waals surface area contributed by atoms with E-state index in [-0.39, 0.29) is 5.91 Å². The van der Waals surface area contributed by atoms with E-state index in [9.17, 15) is 4.79 Å². The van der Waals surface area contributed by atoms with Gasteiger partial charge in [0.25, 0.3) is 5.91 Å². The monoisotopic (exact) mass is 365 g/mol. The van der Waals surface area contributed by atoms with Crippen LogP contribution in [0.15, 0.2) is 42.6 Å². The van der Waals surface area contributed by atoms with Crippen LogP contribution in [0.2, 0.25) is 0 Å². The number of carbonyl (C=O) groups excluding carboxylic acids is 1. The topological polar surface area (TPSA) is 81.9 Å². The number of carbonyl (C=O) groups is 1. The van der Waals surface area contributed by atoms with Crippen LogP contribution in [0, 0.1) is 13.8 Å². The lowest BCUT2D eigenvalue weighted by molar-refractivity contribution is 0.0952. The normalized spacial score (nSPS) is 10.6. The van der Waals surface area contributed by atoms with Gasteiger partial charge in [-0.05, 0) is 44.0 Å². The number of ether oxygens (including phenoxy) is 1. The van der Waals surface area contributed by atoms with E-state index < -0.39 is 0 Å². The molecular weight excluding hydrogens is 342 g/mol. The molecule has 0 aliphatic rings. The summed E-state index contributed by atoms with van der Waals surface area (Å²) in [7, 11) is 1.58. The van der Waals surface area contributed by atoms with Gasteiger partial charge in [0, 0.05) is 36.5 Å². The largest absolute Gasteiger partial charge is 0.481 e. The first kappa shape index (κ1) is 18.6. The van der Waals surface area contributed by atoms with Gasteiger partial charge in [-0.2, -0.15) is 5.10 Å². The van der Waals surface area contributed by atoms with Gasteiger partial charge in [0.05, 0.1) is 7.11 Å². The fourth-order valence-electron chi connectivity index (χ4n) is 2.82. The fraction of sp³-hybridized carbons (Fsp3) is 0.300. The molecule has 27 heavy (non-hydrogen) atoms. The summed E-state index contributed by atoms with van der Waals surface area (Å²) in [6.07, 6.45) is 2.52. The second-order valence-corrected chi connectivity index (χ2v) is 6.21. The molecule has 1 aromatic carbocycles. The van der Waals surface area contributed by atoms with Crippen molar-refractivity contribution in [1.29, 1.82) is 0 Å². The van der Waals surface area contributed by atoms with E-state index in [1.54, 1.807) is 25.4 Å². The van der Waals surface area contributed by atoms with Crippen molar-refractivity contribution in [3.63, 3.8) is 0 Å². The van der Waals surface area contributed by atoms with Crippen LogP contribution in [0.5, 0.6) is 5.88 Å². The standard InChI is InChI=1S/C20H23N5O2/c1-14-23-15(2)25(24-14)11-5-10-21-20(26)17-7-4-6-16(12-17)18-8-9-19(27-3)22-13-18/h4,6-9,12-13H,5,10-11H2,1-3H3,(H,21,26). The molecule has 7 nitrogen and oxygen atoms in total. The van der Waals surface area contributed by atoms with Crippen LogP contribution in [0.3, 0.4) is 0 Å². The third-order valence-corrected chi connectivity index (χ3v) is 4.20. The molecular formula is C20H23N5O2. The van der Waals surface area contributed by atoms with Crippen molar-refractivity contribution in [2.75, 3.05) is 13.7 Å². The van der Waals surface area contributed by atoms with Gasteiger partial charge >= 0.3 is 0 Å². The first-order chi connectivity index (χ1) is 13.1. The van der Waals surface area contributed by atoms with Gasteiger partial charge in [-0.25, -0.2) is 9.97 Å². The van der Waals surface area contributed by atoms with E-state index >= 15 is 0 Å². The highest BCUT2D eigenvalue weighted by molar-refractivity contribution is 5.95. The Kier molecular flexibility index (Phi) is 5.80. The molecule has 0 fully saturated rings. The first-order valence-electron chi connectivity index (χ1n) is 8.83. The van der Waals surface area contributed by atoms with Crippen LogP contribution in [-0.4, -0.2) is 39.3 Å². The quantitative estimate of drug-likeness (QED) is 0.651. The van der Waals surface area contributed by atoms with Gasteiger partial charge in [0.15, 0.2) is 0 Å². The highest BCUT2D eigenvalue weighted by atomic mass is 16.5. The third kappa shape index (κ3) is 4.69. The molecule has 2 aromatic heterocycles. The Labute approximate surface area is 158 Å². The number of methoxy groups -OCH3 is 1. The average Bonchev–Trinajstić information content (AvgIpc) is 3.02. The van der Waals surface area contributed by atoms with E-state index in [4.69, 9.17) is 4.74 Å². The Balaban J connectivity index is 1.57. The highest BCUT2D eigenvalue weighted by Gasteiger charge is 2.08. The summed E-state index contributed by atoms with van der Waals surface area (Å²) in [5.41, 5.74) is 2.49. The summed E-state index contributed by atoms with van der Waals surface area (Å²) in [5.74, 6) is 2.12. The van der Waals surface area contributed by atoms with E-state index in [0.717, 1.165) is 35.7 Å². The predicted octanol–water partition coefficient (Wildman–Crippen LogP) is 2.79. The van der Waals surface area contributed by atoms with Crippen molar-refractivity contribution in [2.24, 2.45) is 0 Å². The van der Waals surface area contributed by atoms with Crippen LogP contribution in [0.4, 0.5) is 0 Å². The molecule has 3 rings (SSSR count). The zero-order chi connectivity index (χ0) is 19.2. The van der Waals surface area contributed by atoms with Crippen LogP contribution >= 0.6 is 0 Å². The number of nitrogens with zero attached hydrogens (tertiary/aromatic N) is 4. The minimum atomic E-state index is -0.0928. The number of amides is 1. The average molecular weight is 365 g/mol. The molecule has 0 radical (unpaired) electrons. The van der Waals surface area contributed by atoms with E-state index in [0.29, 0.717) is 18.0 Å². The van der Waals surface area contributed by atoms with Crippen molar-refractivity contribution in [3.05, 3.63) is 59.8 Å². The molecule has 7 heteroatoms. The van der Waals surface area contributed by atoms with Crippen molar-refractivity contribution in [3.8, 4) is 17.0 Å². The van der Waals surface area contributed by atoms with E-state index in [1.165, 1.54) is 0 Å². The number of nitrogens with one attached hydrogen (secondary N) is 1. The summed E-state index contributed by atoms with van der Waals surface area (Å²) < 4.78 is 6.94. The molecule has 0 aliphatic carbocycles. The number of pyridine rings is 1. The smallest absolute Gasteiger partial charge is 0.251 e. The fourth-order valence-corrected chi connectivity index (χ4v) is 2.82. The Bertz CT molecular complexity index is 918. The first-order valence-corrected chi connectivity index (χ1v) is 8.83. The minimum Gasteiger partial charge on any atom is -0.481 e. The molecule has 0 saturated carbocycles. The Morgan fingerprint density at radius 2 is 2.04 bits per heavy atom. The Morgan fingerprint density at radius 3 is 2.70 bits per heavy atom. The number of hydrogen-bond acceptors (Lipinski definition) is 5. The SMILES string of the molecule is COc1ccc(-c2cccc(C(=O)NCCCn3nc(C)nc3C)c2)cn1. The molecule has 140 valence electrons. The summed E-state index contributed by atoms with van der Waals surface area (Å²) in [4.78, 5) is 20.9. The van der Waals surface area contributed by atoms with Crippen molar-refractivity contribution in [1.82, 2.24) is 25.1 Å². The van der Waals surface area contributed by atoms with Crippen molar-refractivity contribution >= 4 is 5.91 Å². The molecule has 0 aliphatic heterocycles. The molecule has 2 heterocycles. The molecule has 0 atom stereocenters. The van der Waals surface area contributed by atoms with Gasteiger partial charge in [0.1, 0.15) is 11.6 Å². The maximum atomic E-state index is 12.4. The molecule has 1 N–H and O–H groups in total. The zero-order valence-electron chi connectivity index (χ0n) is 15.8. The van der Waals surface area contributed by atoms with Crippen LogP contribution in [0.1, 0.15) is 28.4 Å². The molecule has 3 aromatic rings. The third-order valence-electron chi connectivity index (χ3n) is 4.20. The van der Waals surface area contributed by atoms with E-state index in [1.807, 2.05) is 42.8 Å². The lowest BCUT2D eigenvalue weighted by Gasteiger charge is -2.08. The van der Waals surface area contributed by atoms with Gasteiger partial charge in [0.2, 0.25) is 5.88 Å². The summed E-state index contributed by atoms with van der Waals surface area (Å²) >= 11 is 0. The summed E-state index contributed by atoms with van der Waals surface area (Å²) in [6, 6.07) is 11.2. The van der Waals surface area contributed by atoms with E-state index in [2.05, 4.69) is 20.4 Å². The second-order valence-electron chi connectivity index (χ2n) is 6.21. The number of benzene rings is 1. The summed E-state index contributed by atoms with van der Waals surface area (Å²) in [5, 5.41) is 7.28. The lowest BCUT2D eigenvalue weighted by Crippen LogP contribution is -2.25. The molecule has 0 spiro atoms. The van der Waals surface area contributed by atoms with Crippen molar-refractivity contribution < 1.29 is 9.53 Å². The minimum absolute atomic E-state index is 0.0928. The Morgan fingerprint density at radius 1 is 1.19 bits per heavy atom. The molecule has 1 amide bonds. The molecule has 0 bridgehead atoms. The highest BCUT2D eigenvalue weighted by Crippen LogP contribution is 2.21. The molecule has 0 saturated heterocycles. The van der Waals surface area contributed by atoms with Gasteiger partial charge in [-0.3, -0.25) is 9.48 Å². The van der Waals surface area contributed by atoms with Gasteiger partial charge in [-0.15, -0.1) is 0 Å². The Hall–Kier alpha value is -3.22. The maximum Gasteiger partial charge on any atom is 0.251 e. The van der Waals surface area contributed by atoms with Crippen LogP contribution in [0.25, 0.3) is 11.1 Å². The number of aryl methyl sites for hydroxylation is 3. The maximum absolute atomic E-state index is 12.4. The lowest BCUT2D eigenvalue weighted by atomic mass is 10.0. The zero-order valence-corrected chi connectivity index (χ0v) is 15.8. The van der Waals surface area contributed by atoms with Gasteiger partial charge < -0.3 is 10.1 Å². The number of hydrogen-bond donors (Lipinski definition) is 1. The van der Waals surface area contributed by atoms with Crippen molar-refractivity contribution in [2.45, 2.75) is 26.8 Å². The predicted molar refractivity (Wildman–Crippen MR) is 103 cm³/mol. The van der Waals surface area contributed by atoms with Crippen LogP contribution in [-0.2, 0) is 6.54 Å². The summed E-state index contributed by atoms with van der Waals surface area (Å²) in [6.45, 7) is 5.10. The molecule has 0 unspecified atom stereocenters. The number of aromatic nitrogens is 4. The second kappa shape index (κ2) is 8.44. The van der Waals surface area contributed by atoms with Crippen LogP contribution < -0.4 is 10.1 Å². The number of rotatable bonds is 7. The van der Waals surface area contributed by atoms with Gasteiger partial charge in [-0.1, -0.05) is 12.1 Å².